The summed E-state index contributed by atoms with van der Waals surface area (Å²) in [5.41, 5.74) is 1.50. The number of carboxylic acid groups (broad SMARTS) is 1. The van der Waals surface area contributed by atoms with Gasteiger partial charge >= 0.3 is 11.9 Å². The lowest BCUT2D eigenvalue weighted by Crippen LogP contribution is -2.34. The van der Waals surface area contributed by atoms with Crippen molar-refractivity contribution in [3.63, 3.8) is 0 Å². The molecule has 0 unspecified atom stereocenters. The largest absolute Gasteiger partial charge is 0.481 e. The standard InChI is InChI=1S/C25H35NO5S/c1-2-31-25(30)21-19-15-9-7-5-3-4-6-8-10-16-20(19)32-23(21)26-22(27)17-13-11-12-14-18(17)24(28)29/h11-12,17-18H,2-10,13-16H2,1H3,(H,26,27)(H,28,29)/t17-,18-/m0/s1. The Labute approximate surface area is 194 Å². The summed E-state index contributed by atoms with van der Waals surface area (Å²) in [5, 5.41) is 13.0. The molecule has 32 heavy (non-hydrogen) atoms. The van der Waals surface area contributed by atoms with Crippen molar-refractivity contribution < 1.29 is 24.2 Å². The Morgan fingerprint density at radius 1 is 0.969 bits per heavy atom. The molecular formula is C25H35NO5S. The lowest BCUT2D eigenvalue weighted by molar-refractivity contribution is -0.146. The van der Waals surface area contributed by atoms with E-state index in [9.17, 15) is 19.5 Å². The maximum absolute atomic E-state index is 13.1. The molecule has 1 amide bonds. The number of carbonyl (C=O) groups is 3. The van der Waals surface area contributed by atoms with Crippen LogP contribution < -0.4 is 5.32 Å². The molecule has 0 aliphatic heterocycles. The average Bonchev–Trinajstić information content (AvgIpc) is 3.10. The first kappa shape index (κ1) is 24.5. The summed E-state index contributed by atoms with van der Waals surface area (Å²) in [6, 6.07) is 0. The Morgan fingerprint density at radius 3 is 2.19 bits per heavy atom. The van der Waals surface area contributed by atoms with Crippen LogP contribution in [0.25, 0.3) is 0 Å². The van der Waals surface area contributed by atoms with E-state index in [0.29, 0.717) is 23.4 Å². The zero-order chi connectivity index (χ0) is 22.9. The number of amides is 1. The molecule has 0 saturated heterocycles. The van der Waals surface area contributed by atoms with Crippen molar-refractivity contribution in [3.05, 3.63) is 28.2 Å². The first-order valence-electron chi connectivity index (χ1n) is 12.0. The SMILES string of the molecule is CCOC(=O)c1c(NC(=O)[C@H]2CC=CC[C@@H]2C(=O)O)sc2c1CCCCCCCCCC2. The normalized spacial score (nSPS) is 22.2. The molecular weight excluding hydrogens is 426 g/mol. The number of allylic oxidation sites excluding steroid dienone is 2. The van der Waals surface area contributed by atoms with Crippen LogP contribution in [-0.4, -0.2) is 29.6 Å². The van der Waals surface area contributed by atoms with Gasteiger partial charge in [-0.15, -0.1) is 11.3 Å². The minimum Gasteiger partial charge on any atom is -0.481 e. The molecule has 0 bridgehead atoms. The monoisotopic (exact) mass is 461 g/mol. The predicted molar refractivity (Wildman–Crippen MR) is 126 cm³/mol. The van der Waals surface area contributed by atoms with Gasteiger partial charge in [0.25, 0.3) is 0 Å². The number of hydrogen-bond donors (Lipinski definition) is 2. The van der Waals surface area contributed by atoms with Gasteiger partial charge in [0.05, 0.1) is 24.0 Å². The highest BCUT2D eigenvalue weighted by Crippen LogP contribution is 2.38. The van der Waals surface area contributed by atoms with Crippen molar-refractivity contribution in [2.24, 2.45) is 11.8 Å². The van der Waals surface area contributed by atoms with Crippen LogP contribution in [0.1, 0.15) is 91.9 Å². The summed E-state index contributed by atoms with van der Waals surface area (Å²) in [6.45, 7) is 2.05. The molecule has 6 nitrogen and oxygen atoms in total. The van der Waals surface area contributed by atoms with E-state index in [1.807, 2.05) is 12.2 Å². The van der Waals surface area contributed by atoms with Crippen molar-refractivity contribution in [1.29, 1.82) is 0 Å². The molecule has 0 saturated carbocycles. The highest BCUT2D eigenvalue weighted by molar-refractivity contribution is 7.17. The Bertz CT molecular complexity index is 844. The van der Waals surface area contributed by atoms with Crippen LogP contribution in [0.15, 0.2) is 12.2 Å². The number of nitrogens with one attached hydrogen (secondary N) is 1. The molecule has 1 aromatic rings. The van der Waals surface area contributed by atoms with Crippen molar-refractivity contribution in [1.82, 2.24) is 0 Å². The van der Waals surface area contributed by atoms with Crippen LogP contribution in [0.4, 0.5) is 5.00 Å². The molecule has 2 aliphatic carbocycles. The summed E-state index contributed by atoms with van der Waals surface area (Å²) in [4.78, 5) is 38.9. The van der Waals surface area contributed by atoms with E-state index in [4.69, 9.17) is 4.74 Å². The number of fused-ring (bicyclic) bond motifs is 1. The highest BCUT2D eigenvalue weighted by atomic mass is 32.1. The third kappa shape index (κ3) is 6.21. The van der Waals surface area contributed by atoms with Gasteiger partial charge in [-0.3, -0.25) is 9.59 Å². The first-order valence-corrected chi connectivity index (χ1v) is 12.8. The second-order valence-corrected chi connectivity index (χ2v) is 9.85. The number of aliphatic carboxylic acids is 1. The first-order chi connectivity index (χ1) is 15.5. The smallest absolute Gasteiger partial charge is 0.341 e. The fourth-order valence-electron chi connectivity index (χ4n) is 4.72. The number of anilines is 1. The van der Waals surface area contributed by atoms with E-state index in [1.54, 1.807) is 6.92 Å². The van der Waals surface area contributed by atoms with Gasteiger partial charge in [-0.2, -0.15) is 0 Å². The number of thiophene rings is 1. The van der Waals surface area contributed by atoms with Crippen molar-refractivity contribution >= 4 is 34.2 Å². The molecule has 0 aromatic carbocycles. The third-order valence-electron chi connectivity index (χ3n) is 6.47. The molecule has 2 N–H and O–H groups in total. The number of aryl methyl sites for hydroxylation is 1. The van der Waals surface area contributed by atoms with Crippen LogP contribution >= 0.6 is 11.3 Å². The van der Waals surface area contributed by atoms with Crippen molar-refractivity contribution in [3.8, 4) is 0 Å². The zero-order valence-electron chi connectivity index (χ0n) is 19.0. The van der Waals surface area contributed by atoms with Gasteiger partial charge in [-0.25, -0.2) is 4.79 Å². The van der Waals surface area contributed by atoms with Gasteiger partial charge in [0, 0.05) is 4.88 Å². The van der Waals surface area contributed by atoms with Gasteiger partial charge in [-0.1, -0.05) is 50.7 Å². The molecule has 176 valence electrons. The van der Waals surface area contributed by atoms with Gasteiger partial charge in [0.15, 0.2) is 0 Å². The predicted octanol–water partition coefficient (Wildman–Crippen LogP) is 5.75. The Balaban J connectivity index is 1.90. The number of carbonyl (C=O) groups excluding carboxylic acids is 2. The molecule has 1 aromatic heterocycles. The van der Waals surface area contributed by atoms with Gasteiger partial charge in [-0.05, 0) is 51.0 Å². The average molecular weight is 462 g/mol. The summed E-state index contributed by atoms with van der Waals surface area (Å²) < 4.78 is 5.36. The Morgan fingerprint density at radius 2 is 1.56 bits per heavy atom. The lowest BCUT2D eigenvalue weighted by atomic mass is 9.82. The minimum absolute atomic E-state index is 0.269. The Kier molecular flexibility index (Phi) is 9.33. The van der Waals surface area contributed by atoms with Crippen LogP contribution in [0, 0.1) is 11.8 Å². The fraction of sp³-hybridized carbons (Fsp3) is 0.640. The number of carboxylic acids is 1. The summed E-state index contributed by atoms with van der Waals surface area (Å²) in [6.07, 6.45) is 15.5. The maximum atomic E-state index is 13.1. The van der Waals surface area contributed by atoms with Gasteiger partial charge < -0.3 is 15.2 Å². The van der Waals surface area contributed by atoms with Crippen LogP contribution in [0.3, 0.4) is 0 Å². The number of rotatable bonds is 5. The van der Waals surface area contributed by atoms with Crippen molar-refractivity contribution in [2.45, 2.75) is 84.0 Å². The quantitative estimate of drug-likeness (QED) is 0.430. The molecule has 7 heteroatoms. The minimum atomic E-state index is -0.960. The molecule has 2 aliphatic rings. The maximum Gasteiger partial charge on any atom is 0.341 e. The van der Waals surface area contributed by atoms with E-state index >= 15 is 0 Å². The second kappa shape index (κ2) is 12.2. The molecule has 0 spiro atoms. The molecule has 1 heterocycles. The topological polar surface area (TPSA) is 92.7 Å². The van der Waals surface area contributed by atoms with Crippen LogP contribution in [-0.2, 0) is 27.2 Å². The molecule has 0 radical (unpaired) electrons. The fourth-order valence-corrected chi connectivity index (χ4v) is 6.00. The molecule has 3 rings (SSSR count). The number of ether oxygens (including phenoxy) is 1. The highest BCUT2D eigenvalue weighted by Gasteiger charge is 2.35. The zero-order valence-corrected chi connectivity index (χ0v) is 19.8. The van der Waals surface area contributed by atoms with Gasteiger partial charge in [0.1, 0.15) is 5.00 Å². The summed E-state index contributed by atoms with van der Waals surface area (Å²) >= 11 is 1.47. The Hall–Kier alpha value is -2.15. The molecule has 0 fully saturated rings. The van der Waals surface area contributed by atoms with Crippen LogP contribution in [0.5, 0.6) is 0 Å². The van der Waals surface area contributed by atoms with E-state index in [-0.39, 0.29) is 12.5 Å². The second-order valence-electron chi connectivity index (χ2n) is 8.74. The van der Waals surface area contributed by atoms with E-state index < -0.39 is 23.8 Å². The number of hydrogen-bond acceptors (Lipinski definition) is 5. The summed E-state index contributed by atoms with van der Waals surface area (Å²) in [7, 11) is 0. The molecule has 2 atom stereocenters. The number of esters is 1. The van der Waals surface area contributed by atoms with Crippen LogP contribution in [0.2, 0.25) is 0 Å². The van der Waals surface area contributed by atoms with Crippen molar-refractivity contribution in [2.75, 3.05) is 11.9 Å². The summed E-state index contributed by atoms with van der Waals surface area (Å²) in [5.74, 6) is -3.07. The van der Waals surface area contributed by atoms with E-state index in [1.165, 1.54) is 43.4 Å². The van der Waals surface area contributed by atoms with E-state index in [0.717, 1.165) is 42.5 Å². The van der Waals surface area contributed by atoms with Gasteiger partial charge in [0.2, 0.25) is 5.91 Å². The van der Waals surface area contributed by atoms with E-state index in [2.05, 4.69) is 5.32 Å². The third-order valence-corrected chi connectivity index (χ3v) is 7.68. The lowest BCUT2D eigenvalue weighted by Gasteiger charge is -2.24.